The molecule has 1 rings (SSSR count). The normalized spacial score (nSPS) is 36.8. The van der Waals surface area contributed by atoms with Gasteiger partial charge in [0.05, 0.1) is 5.60 Å². The van der Waals surface area contributed by atoms with E-state index in [1.165, 1.54) is 0 Å². The Hall–Kier alpha value is -0.0800. The van der Waals surface area contributed by atoms with Crippen molar-refractivity contribution in [2.24, 2.45) is 5.92 Å². The van der Waals surface area contributed by atoms with Gasteiger partial charge in [-0.2, -0.15) is 0 Å². The van der Waals surface area contributed by atoms with E-state index in [9.17, 15) is 5.11 Å². The first kappa shape index (κ1) is 10.0. The maximum absolute atomic E-state index is 10.2. The van der Waals surface area contributed by atoms with E-state index in [1.54, 1.807) is 0 Å². The van der Waals surface area contributed by atoms with E-state index in [2.05, 4.69) is 6.92 Å². The smallest absolute Gasteiger partial charge is 0.0697 e. The highest BCUT2D eigenvalue weighted by Gasteiger charge is 2.37. The van der Waals surface area contributed by atoms with Crippen molar-refractivity contribution in [2.45, 2.75) is 51.0 Å². The minimum absolute atomic E-state index is 0.131. The molecule has 0 aromatic heterocycles. The van der Waals surface area contributed by atoms with Gasteiger partial charge in [-0.25, -0.2) is 0 Å². The summed E-state index contributed by atoms with van der Waals surface area (Å²) in [5.74, 6) is 0.131. The van der Waals surface area contributed by atoms with Crippen LogP contribution in [0.3, 0.4) is 0 Å². The fourth-order valence-electron chi connectivity index (χ4n) is 2.32. The van der Waals surface area contributed by atoms with Crippen molar-refractivity contribution in [3.63, 3.8) is 0 Å². The molecule has 0 aliphatic heterocycles. The fourth-order valence-corrected chi connectivity index (χ4v) is 2.32. The van der Waals surface area contributed by atoms with Crippen LogP contribution in [0.4, 0.5) is 0 Å². The first-order chi connectivity index (χ1) is 5.73. The van der Waals surface area contributed by atoms with E-state index < -0.39 is 5.60 Å². The van der Waals surface area contributed by atoms with Gasteiger partial charge in [0.15, 0.2) is 0 Å². The Morgan fingerprint density at radius 1 is 1.42 bits per heavy atom. The summed E-state index contributed by atoms with van der Waals surface area (Å²) < 4.78 is 0. The molecule has 1 aliphatic rings. The summed E-state index contributed by atoms with van der Waals surface area (Å²) >= 11 is 0. The van der Waals surface area contributed by atoms with Gasteiger partial charge in [-0.05, 0) is 19.3 Å². The van der Waals surface area contributed by atoms with E-state index in [-0.39, 0.29) is 12.5 Å². The van der Waals surface area contributed by atoms with E-state index in [4.69, 9.17) is 5.11 Å². The Kier molecular flexibility index (Phi) is 3.53. The van der Waals surface area contributed by atoms with Crippen LogP contribution in [0.1, 0.15) is 45.4 Å². The van der Waals surface area contributed by atoms with Crippen molar-refractivity contribution in [3.8, 4) is 0 Å². The van der Waals surface area contributed by atoms with Crippen LogP contribution in [-0.2, 0) is 0 Å². The highest BCUT2D eigenvalue weighted by molar-refractivity contribution is 4.89. The first-order valence-electron chi connectivity index (χ1n) is 5.06. The Bertz CT molecular complexity index is 132. The molecule has 12 heavy (non-hydrogen) atoms. The van der Waals surface area contributed by atoms with E-state index >= 15 is 0 Å². The van der Waals surface area contributed by atoms with Gasteiger partial charge in [-0.1, -0.05) is 26.2 Å². The van der Waals surface area contributed by atoms with Crippen molar-refractivity contribution in [1.29, 1.82) is 0 Å². The average molecular weight is 172 g/mol. The molecule has 1 fully saturated rings. The molecule has 2 heteroatoms. The number of aliphatic hydroxyl groups excluding tert-OH is 1. The summed E-state index contributed by atoms with van der Waals surface area (Å²) in [5.41, 5.74) is -0.554. The zero-order valence-electron chi connectivity index (χ0n) is 7.92. The molecule has 0 amide bonds. The van der Waals surface area contributed by atoms with E-state index in [0.717, 1.165) is 38.5 Å². The Morgan fingerprint density at radius 3 is 2.75 bits per heavy atom. The number of rotatable bonds is 3. The highest BCUT2D eigenvalue weighted by atomic mass is 16.3. The van der Waals surface area contributed by atoms with Gasteiger partial charge in [0, 0.05) is 12.5 Å². The average Bonchev–Trinajstić information content (AvgIpc) is 2.05. The summed E-state index contributed by atoms with van der Waals surface area (Å²) in [6.45, 7) is 2.23. The summed E-state index contributed by atoms with van der Waals surface area (Å²) in [5, 5.41) is 19.3. The highest BCUT2D eigenvalue weighted by Crippen LogP contribution is 2.36. The van der Waals surface area contributed by atoms with Gasteiger partial charge in [-0.15, -0.1) is 0 Å². The topological polar surface area (TPSA) is 40.5 Å². The predicted octanol–water partition coefficient (Wildman–Crippen LogP) is 1.70. The summed E-state index contributed by atoms with van der Waals surface area (Å²) in [6, 6.07) is 0. The molecule has 0 radical (unpaired) electrons. The third-order valence-electron chi connectivity index (χ3n) is 3.08. The molecule has 0 spiro atoms. The lowest BCUT2D eigenvalue weighted by molar-refractivity contribution is -0.0730. The van der Waals surface area contributed by atoms with Crippen molar-refractivity contribution >= 4 is 0 Å². The molecule has 0 saturated heterocycles. The quantitative estimate of drug-likeness (QED) is 0.680. The molecule has 0 unspecified atom stereocenters. The van der Waals surface area contributed by atoms with Crippen molar-refractivity contribution in [2.75, 3.05) is 6.61 Å². The maximum Gasteiger partial charge on any atom is 0.0697 e. The van der Waals surface area contributed by atoms with Gasteiger partial charge >= 0.3 is 0 Å². The van der Waals surface area contributed by atoms with Crippen LogP contribution in [-0.4, -0.2) is 22.4 Å². The van der Waals surface area contributed by atoms with Crippen molar-refractivity contribution in [1.82, 2.24) is 0 Å². The van der Waals surface area contributed by atoms with Crippen molar-refractivity contribution in [3.05, 3.63) is 0 Å². The Labute approximate surface area is 74.6 Å². The monoisotopic (exact) mass is 172 g/mol. The van der Waals surface area contributed by atoms with E-state index in [1.807, 2.05) is 0 Å². The molecule has 1 saturated carbocycles. The lowest BCUT2D eigenvalue weighted by Crippen LogP contribution is -2.42. The molecule has 72 valence electrons. The van der Waals surface area contributed by atoms with Crippen LogP contribution in [0, 0.1) is 5.92 Å². The zero-order chi connectivity index (χ0) is 9.03. The third-order valence-corrected chi connectivity index (χ3v) is 3.08. The Balaban J connectivity index is 2.55. The predicted molar refractivity (Wildman–Crippen MR) is 48.9 cm³/mol. The van der Waals surface area contributed by atoms with Crippen LogP contribution in [0.2, 0.25) is 0 Å². The van der Waals surface area contributed by atoms with Crippen LogP contribution in [0.25, 0.3) is 0 Å². The van der Waals surface area contributed by atoms with Gasteiger partial charge in [0.25, 0.3) is 0 Å². The molecule has 2 N–H and O–H groups in total. The van der Waals surface area contributed by atoms with Gasteiger partial charge in [-0.3, -0.25) is 0 Å². The number of aliphatic hydroxyl groups is 2. The number of hydrogen-bond donors (Lipinski definition) is 2. The molecule has 0 bridgehead atoms. The number of hydrogen-bond acceptors (Lipinski definition) is 2. The van der Waals surface area contributed by atoms with E-state index in [0.29, 0.717) is 0 Å². The molecule has 0 heterocycles. The minimum atomic E-state index is -0.554. The zero-order valence-corrected chi connectivity index (χ0v) is 7.92. The standard InChI is InChI=1S/C10H20O2/c1-2-6-10(12)7-4-3-5-9(10)8-11/h9,11-12H,2-8H2,1H3/t9-,10+/m0/s1. The molecular formula is C10H20O2. The van der Waals surface area contributed by atoms with Crippen LogP contribution < -0.4 is 0 Å². The van der Waals surface area contributed by atoms with Gasteiger partial charge in [0.2, 0.25) is 0 Å². The lowest BCUT2D eigenvalue weighted by Gasteiger charge is -2.39. The molecule has 0 aromatic carbocycles. The van der Waals surface area contributed by atoms with Crippen LogP contribution in [0.5, 0.6) is 0 Å². The first-order valence-corrected chi connectivity index (χ1v) is 5.06. The minimum Gasteiger partial charge on any atom is -0.396 e. The summed E-state index contributed by atoms with van der Waals surface area (Å²) in [7, 11) is 0. The second kappa shape index (κ2) is 4.24. The summed E-state index contributed by atoms with van der Waals surface area (Å²) in [4.78, 5) is 0. The molecule has 2 atom stereocenters. The largest absolute Gasteiger partial charge is 0.396 e. The second-order valence-corrected chi connectivity index (χ2v) is 3.98. The molecule has 0 aromatic rings. The Morgan fingerprint density at radius 2 is 2.17 bits per heavy atom. The molecule has 2 nitrogen and oxygen atoms in total. The van der Waals surface area contributed by atoms with Gasteiger partial charge in [0.1, 0.15) is 0 Å². The van der Waals surface area contributed by atoms with Crippen molar-refractivity contribution < 1.29 is 10.2 Å². The third kappa shape index (κ3) is 1.99. The maximum atomic E-state index is 10.2. The van der Waals surface area contributed by atoms with Crippen LogP contribution >= 0.6 is 0 Å². The van der Waals surface area contributed by atoms with Crippen LogP contribution in [0.15, 0.2) is 0 Å². The molecule has 1 aliphatic carbocycles. The molecular weight excluding hydrogens is 152 g/mol. The van der Waals surface area contributed by atoms with Gasteiger partial charge < -0.3 is 10.2 Å². The summed E-state index contributed by atoms with van der Waals surface area (Å²) in [6.07, 6.45) is 6.01. The SMILES string of the molecule is CCC[C@@]1(O)CCCC[C@H]1CO. The lowest BCUT2D eigenvalue weighted by atomic mass is 9.73. The second-order valence-electron chi connectivity index (χ2n) is 3.98. The fraction of sp³-hybridized carbons (Fsp3) is 1.00.